The smallest absolute Gasteiger partial charge is 0.262 e. The maximum atomic E-state index is 12.0. The van der Waals surface area contributed by atoms with Crippen molar-refractivity contribution in [2.75, 3.05) is 26.1 Å². The quantitative estimate of drug-likeness (QED) is 0.805. The number of phenols is 1. The molecule has 2 aromatic carbocycles. The zero-order valence-electron chi connectivity index (χ0n) is 14.4. The van der Waals surface area contributed by atoms with Crippen LogP contribution in [0.1, 0.15) is 12.5 Å². The van der Waals surface area contributed by atoms with Gasteiger partial charge in [0, 0.05) is 11.8 Å². The highest BCUT2D eigenvalue weighted by Crippen LogP contribution is 2.30. The van der Waals surface area contributed by atoms with Gasteiger partial charge in [0.2, 0.25) is 0 Å². The molecule has 0 bridgehead atoms. The van der Waals surface area contributed by atoms with Crippen LogP contribution in [0.5, 0.6) is 23.0 Å². The molecule has 0 fully saturated rings. The van der Waals surface area contributed by atoms with Gasteiger partial charge in [-0.15, -0.1) is 0 Å². The van der Waals surface area contributed by atoms with Crippen molar-refractivity contribution in [3.63, 3.8) is 0 Å². The van der Waals surface area contributed by atoms with Crippen LogP contribution in [-0.4, -0.2) is 31.8 Å². The highest BCUT2D eigenvalue weighted by atomic mass is 16.5. The molecule has 1 amide bonds. The van der Waals surface area contributed by atoms with Gasteiger partial charge >= 0.3 is 0 Å². The summed E-state index contributed by atoms with van der Waals surface area (Å²) in [5.41, 5.74) is 1.42. The Hall–Kier alpha value is -3.15. The van der Waals surface area contributed by atoms with Gasteiger partial charge in [0.1, 0.15) is 0 Å². The molecule has 0 spiro atoms. The molecule has 0 atom stereocenters. The Labute approximate surface area is 146 Å². The molecule has 0 unspecified atom stereocenters. The molecule has 0 aromatic heterocycles. The van der Waals surface area contributed by atoms with Gasteiger partial charge in [-0.1, -0.05) is 18.2 Å². The molecule has 2 aromatic rings. The normalized spacial score (nSPS) is 10.5. The van der Waals surface area contributed by atoms with E-state index in [0.717, 1.165) is 5.56 Å². The number of nitrogens with one attached hydrogen (secondary N) is 1. The van der Waals surface area contributed by atoms with Crippen LogP contribution in [0.3, 0.4) is 0 Å². The maximum Gasteiger partial charge on any atom is 0.262 e. The van der Waals surface area contributed by atoms with Gasteiger partial charge in [0.05, 0.1) is 14.2 Å². The molecule has 2 rings (SSSR count). The number of allylic oxidation sites excluding steroid dienone is 1. The SMILES string of the molecule is C/C=C/c1ccc(OCC(=O)Nc2ccc(OC)c(O)c2)c(OC)c1. The van der Waals surface area contributed by atoms with Gasteiger partial charge in [-0.2, -0.15) is 0 Å². The van der Waals surface area contributed by atoms with Crippen LogP contribution in [0.2, 0.25) is 0 Å². The second-order valence-electron chi connectivity index (χ2n) is 5.13. The van der Waals surface area contributed by atoms with E-state index in [2.05, 4.69) is 5.32 Å². The van der Waals surface area contributed by atoms with Gasteiger partial charge in [-0.05, 0) is 36.8 Å². The molecule has 6 heteroatoms. The molecule has 0 aliphatic carbocycles. The van der Waals surface area contributed by atoms with E-state index in [0.29, 0.717) is 22.9 Å². The first kappa shape index (κ1) is 18.2. The minimum atomic E-state index is -0.357. The summed E-state index contributed by atoms with van der Waals surface area (Å²) in [6.07, 6.45) is 3.86. The van der Waals surface area contributed by atoms with Crippen LogP contribution in [0, 0.1) is 0 Å². The lowest BCUT2D eigenvalue weighted by Crippen LogP contribution is -2.20. The van der Waals surface area contributed by atoms with E-state index in [1.807, 2.05) is 31.2 Å². The van der Waals surface area contributed by atoms with Crippen LogP contribution in [0.25, 0.3) is 6.08 Å². The fraction of sp³-hybridized carbons (Fsp3) is 0.211. The number of anilines is 1. The summed E-state index contributed by atoms with van der Waals surface area (Å²) >= 11 is 0. The van der Waals surface area contributed by atoms with Crippen LogP contribution >= 0.6 is 0 Å². The Morgan fingerprint density at radius 2 is 1.80 bits per heavy atom. The first-order valence-electron chi connectivity index (χ1n) is 7.67. The number of ether oxygens (including phenoxy) is 3. The number of carbonyl (C=O) groups is 1. The summed E-state index contributed by atoms with van der Waals surface area (Å²) in [4.78, 5) is 12.0. The van der Waals surface area contributed by atoms with Crippen LogP contribution in [0.4, 0.5) is 5.69 Å². The lowest BCUT2D eigenvalue weighted by molar-refractivity contribution is -0.118. The van der Waals surface area contributed by atoms with E-state index < -0.39 is 0 Å². The summed E-state index contributed by atoms with van der Waals surface area (Å²) in [6, 6.07) is 10.0. The van der Waals surface area contributed by atoms with E-state index in [1.54, 1.807) is 25.3 Å². The summed E-state index contributed by atoms with van der Waals surface area (Å²) in [5, 5.41) is 12.4. The molecule has 0 saturated carbocycles. The highest BCUT2D eigenvalue weighted by molar-refractivity contribution is 5.92. The van der Waals surface area contributed by atoms with Crippen LogP contribution in [-0.2, 0) is 4.79 Å². The highest BCUT2D eigenvalue weighted by Gasteiger charge is 2.10. The number of rotatable bonds is 7. The zero-order chi connectivity index (χ0) is 18.2. The Morgan fingerprint density at radius 3 is 2.44 bits per heavy atom. The van der Waals surface area contributed by atoms with Crippen molar-refractivity contribution in [1.29, 1.82) is 0 Å². The molecule has 0 saturated heterocycles. The summed E-state index contributed by atoms with van der Waals surface area (Å²) in [6.45, 7) is 1.74. The van der Waals surface area contributed by atoms with E-state index >= 15 is 0 Å². The molecule has 25 heavy (non-hydrogen) atoms. The Morgan fingerprint density at radius 1 is 1.08 bits per heavy atom. The molecule has 6 nitrogen and oxygen atoms in total. The van der Waals surface area contributed by atoms with Crippen molar-refractivity contribution in [3.8, 4) is 23.0 Å². The Bertz CT molecular complexity index is 770. The summed E-state index contributed by atoms with van der Waals surface area (Å²) in [7, 11) is 3.00. The molecular weight excluding hydrogens is 322 g/mol. The van der Waals surface area contributed by atoms with E-state index in [-0.39, 0.29) is 18.3 Å². The summed E-state index contributed by atoms with van der Waals surface area (Å²) < 4.78 is 15.8. The second kappa shape index (κ2) is 8.63. The van der Waals surface area contributed by atoms with Crippen molar-refractivity contribution < 1.29 is 24.1 Å². The predicted octanol–water partition coefficient (Wildman–Crippen LogP) is 3.46. The van der Waals surface area contributed by atoms with Gasteiger partial charge in [-0.3, -0.25) is 4.79 Å². The topological polar surface area (TPSA) is 77.0 Å². The number of benzene rings is 2. The summed E-state index contributed by atoms with van der Waals surface area (Å²) in [5.74, 6) is 0.945. The second-order valence-corrected chi connectivity index (χ2v) is 5.13. The molecule has 0 aliphatic rings. The van der Waals surface area contributed by atoms with Gasteiger partial charge in [0.25, 0.3) is 5.91 Å². The first-order chi connectivity index (χ1) is 12.1. The van der Waals surface area contributed by atoms with Gasteiger partial charge < -0.3 is 24.6 Å². The molecule has 132 valence electrons. The van der Waals surface area contributed by atoms with E-state index in [4.69, 9.17) is 14.2 Å². The average Bonchev–Trinajstić information content (AvgIpc) is 2.61. The standard InChI is InChI=1S/C19H21NO5/c1-4-5-13-6-8-17(18(10-13)24-3)25-12-19(22)20-14-7-9-16(23-2)15(21)11-14/h4-11,21H,12H2,1-3H3,(H,20,22)/b5-4+. The first-order valence-corrected chi connectivity index (χ1v) is 7.67. The monoisotopic (exact) mass is 343 g/mol. The number of phenolic OH excluding ortho intramolecular Hbond substituents is 1. The van der Waals surface area contributed by atoms with Crippen molar-refractivity contribution in [1.82, 2.24) is 0 Å². The third kappa shape index (κ3) is 4.91. The predicted molar refractivity (Wildman–Crippen MR) is 96.5 cm³/mol. The number of methoxy groups -OCH3 is 2. The Balaban J connectivity index is 1.99. The van der Waals surface area contributed by atoms with Crippen molar-refractivity contribution >= 4 is 17.7 Å². The average molecular weight is 343 g/mol. The number of hydrogen-bond donors (Lipinski definition) is 2. The lowest BCUT2D eigenvalue weighted by atomic mass is 10.2. The number of aromatic hydroxyl groups is 1. The minimum absolute atomic E-state index is 0.0533. The van der Waals surface area contributed by atoms with E-state index in [9.17, 15) is 9.90 Å². The van der Waals surface area contributed by atoms with Crippen LogP contribution in [0.15, 0.2) is 42.5 Å². The van der Waals surface area contributed by atoms with Crippen LogP contribution < -0.4 is 19.5 Å². The molecule has 0 aliphatic heterocycles. The zero-order valence-corrected chi connectivity index (χ0v) is 14.4. The molecule has 2 N–H and O–H groups in total. The Kier molecular flexibility index (Phi) is 6.28. The van der Waals surface area contributed by atoms with Crippen molar-refractivity contribution in [3.05, 3.63) is 48.0 Å². The largest absolute Gasteiger partial charge is 0.504 e. The molecule has 0 heterocycles. The van der Waals surface area contributed by atoms with Gasteiger partial charge in [-0.25, -0.2) is 0 Å². The van der Waals surface area contributed by atoms with Gasteiger partial charge in [0.15, 0.2) is 29.6 Å². The van der Waals surface area contributed by atoms with Crippen molar-refractivity contribution in [2.24, 2.45) is 0 Å². The molecular formula is C19H21NO5. The minimum Gasteiger partial charge on any atom is -0.504 e. The lowest BCUT2D eigenvalue weighted by Gasteiger charge is -2.12. The third-order valence-electron chi connectivity index (χ3n) is 3.37. The maximum absolute atomic E-state index is 12.0. The number of amides is 1. The fourth-order valence-corrected chi connectivity index (χ4v) is 2.21. The van der Waals surface area contributed by atoms with Crippen molar-refractivity contribution in [2.45, 2.75) is 6.92 Å². The van der Waals surface area contributed by atoms with E-state index in [1.165, 1.54) is 13.2 Å². The molecule has 0 radical (unpaired) electrons. The fourth-order valence-electron chi connectivity index (χ4n) is 2.21. The number of hydrogen-bond acceptors (Lipinski definition) is 5. The third-order valence-corrected chi connectivity index (χ3v) is 3.37. The number of carbonyl (C=O) groups excluding carboxylic acids is 1.